The minimum atomic E-state index is 1.11. The first-order valence-electron chi connectivity index (χ1n) is 7.79. The summed E-state index contributed by atoms with van der Waals surface area (Å²) < 4.78 is 3.44. The highest BCUT2D eigenvalue weighted by Gasteiger charge is 2.06. The molecule has 0 fully saturated rings. The topological polar surface area (TPSA) is 0 Å². The fourth-order valence-electron chi connectivity index (χ4n) is 2.39. The summed E-state index contributed by atoms with van der Waals surface area (Å²) in [6.07, 6.45) is 13.7. The molecule has 1 aromatic carbocycles. The van der Waals surface area contributed by atoms with Gasteiger partial charge in [0.15, 0.2) is 0 Å². The smallest absolute Gasteiger partial charge is 0.0462 e. The van der Waals surface area contributed by atoms with E-state index in [9.17, 15) is 0 Å². The second kappa shape index (κ2) is 11.3. The molecule has 0 radical (unpaired) electrons. The van der Waals surface area contributed by atoms with Crippen LogP contribution in [0.25, 0.3) is 0 Å². The van der Waals surface area contributed by atoms with E-state index in [-0.39, 0.29) is 0 Å². The minimum Gasteiger partial charge on any atom is -0.0654 e. The average Bonchev–Trinajstić information content (AvgIpc) is 2.45. The van der Waals surface area contributed by atoms with E-state index in [0.29, 0.717) is 0 Å². The van der Waals surface area contributed by atoms with Crippen LogP contribution in [0.3, 0.4) is 0 Å². The zero-order valence-electron chi connectivity index (χ0n) is 12.4. The predicted octanol–water partition coefficient (Wildman–Crippen LogP) is 8.05. The second-order valence-corrected chi connectivity index (χ2v) is 7.85. The third-order valence-corrected chi connectivity index (χ3v) is 7.12. The van der Waals surface area contributed by atoms with Crippen molar-refractivity contribution >= 4 is 47.8 Å². The number of benzene rings is 1. The molecule has 1 aromatic rings. The van der Waals surface area contributed by atoms with Crippen molar-refractivity contribution in [2.24, 2.45) is 0 Å². The summed E-state index contributed by atoms with van der Waals surface area (Å²) in [7, 11) is 0. The SMILES string of the molecule is CCCCCCCCCCCc1ccc(Br)c(Br)c1Br. The summed E-state index contributed by atoms with van der Waals surface area (Å²) in [6.45, 7) is 2.28. The van der Waals surface area contributed by atoms with Crippen molar-refractivity contribution in [1.29, 1.82) is 0 Å². The van der Waals surface area contributed by atoms with Gasteiger partial charge in [-0.2, -0.15) is 0 Å². The maximum atomic E-state index is 3.67. The molecule has 0 amide bonds. The summed E-state index contributed by atoms with van der Waals surface area (Å²) >= 11 is 10.8. The number of hydrogen-bond acceptors (Lipinski definition) is 0. The Kier molecular flexibility index (Phi) is 10.5. The molecule has 0 atom stereocenters. The first kappa shape index (κ1) is 18.7. The van der Waals surface area contributed by atoms with Crippen LogP contribution in [0.5, 0.6) is 0 Å². The maximum Gasteiger partial charge on any atom is 0.0462 e. The lowest BCUT2D eigenvalue weighted by molar-refractivity contribution is 0.564. The van der Waals surface area contributed by atoms with E-state index in [1.54, 1.807) is 0 Å². The molecule has 114 valence electrons. The van der Waals surface area contributed by atoms with E-state index in [0.717, 1.165) is 8.95 Å². The molecule has 0 aliphatic heterocycles. The van der Waals surface area contributed by atoms with Gasteiger partial charge in [0.2, 0.25) is 0 Å². The number of hydrogen-bond donors (Lipinski definition) is 0. The van der Waals surface area contributed by atoms with Gasteiger partial charge in [-0.15, -0.1) is 0 Å². The summed E-state index contributed by atoms with van der Waals surface area (Å²) in [5.41, 5.74) is 1.41. The van der Waals surface area contributed by atoms with Crippen LogP contribution in [0.2, 0.25) is 0 Å². The molecule has 20 heavy (non-hydrogen) atoms. The molecule has 0 unspecified atom stereocenters. The Morgan fingerprint density at radius 2 is 1.25 bits per heavy atom. The Morgan fingerprint density at radius 3 is 1.85 bits per heavy atom. The first-order valence-corrected chi connectivity index (χ1v) is 10.2. The number of aryl methyl sites for hydroxylation is 1. The lowest BCUT2D eigenvalue weighted by Crippen LogP contribution is -1.89. The van der Waals surface area contributed by atoms with Gasteiger partial charge in [0.05, 0.1) is 0 Å². The molecular weight excluding hydrogens is 444 g/mol. The van der Waals surface area contributed by atoms with Crippen molar-refractivity contribution in [1.82, 2.24) is 0 Å². The fourth-order valence-corrected chi connectivity index (χ4v) is 3.91. The number of unbranched alkanes of at least 4 members (excludes halogenated alkanes) is 8. The average molecular weight is 469 g/mol. The van der Waals surface area contributed by atoms with E-state index in [1.807, 2.05) is 0 Å². The van der Waals surface area contributed by atoms with Gasteiger partial charge in [0.25, 0.3) is 0 Å². The van der Waals surface area contributed by atoms with Crippen LogP contribution >= 0.6 is 47.8 Å². The highest BCUT2D eigenvalue weighted by Crippen LogP contribution is 2.34. The van der Waals surface area contributed by atoms with Crippen molar-refractivity contribution in [3.8, 4) is 0 Å². The largest absolute Gasteiger partial charge is 0.0654 e. The normalized spacial score (nSPS) is 11.0. The molecule has 0 aliphatic carbocycles. The maximum absolute atomic E-state index is 3.67. The van der Waals surface area contributed by atoms with Crippen LogP contribution in [-0.2, 0) is 6.42 Å². The zero-order valence-corrected chi connectivity index (χ0v) is 17.1. The molecule has 1 rings (SSSR count). The summed E-state index contributed by atoms with van der Waals surface area (Å²) in [6, 6.07) is 4.33. The second-order valence-electron chi connectivity index (χ2n) is 5.41. The predicted molar refractivity (Wildman–Crippen MR) is 100 cm³/mol. The van der Waals surface area contributed by atoms with Gasteiger partial charge in [-0.05, 0) is 72.3 Å². The van der Waals surface area contributed by atoms with Gasteiger partial charge in [-0.1, -0.05) is 64.4 Å². The van der Waals surface area contributed by atoms with E-state index < -0.39 is 0 Å². The minimum absolute atomic E-state index is 1.11. The quantitative estimate of drug-likeness (QED) is 0.240. The van der Waals surface area contributed by atoms with E-state index in [2.05, 4.69) is 66.8 Å². The van der Waals surface area contributed by atoms with Crippen LogP contribution in [0.1, 0.15) is 70.3 Å². The Morgan fingerprint density at radius 1 is 0.700 bits per heavy atom. The molecule has 0 nitrogen and oxygen atoms in total. The van der Waals surface area contributed by atoms with E-state index >= 15 is 0 Å². The highest BCUT2D eigenvalue weighted by atomic mass is 79.9. The van der Waals surface area contributed by atoms with Crippen LogP contribution < -0.4 is 0 Å². The monoisotopic (exact) mass is 466 g/mol. The van der Waals surface area contributed by atoms with Gasteiger partial charge < -0.3 is 0 Å². The lowest BCUT2D eigenvalue weighted by Gasteiger charge is -2.08. The number of halogens is 3. The van der Waals surface area contributed by atoms with E-state index in [1.165, 1.54) is 74.2 Å². The zero-order chi connectivity index (χ0) is 14.8. The van der Waals surface area contributed by atoms with Gasteiger partial charge in [0.1, 0.15) is 0 Å². The molecule has 3 heteroatoms. The van der Waals surface area contributed by atoms with Crippen molar-refractivity contribution < 1.29 is 0 Å². The van der Waals surface area contributed by atoms with Gasteiger partial charge >= 0.3 is 0 Å². The summed E-state index contributed by atoms with van der Waals surface area (Å²) in [5.74, 6) is 0. The molecule has 0 aliphatic rings. The Labute approximate surface area is 149 Å². The third-order valence-electron chi connectivity index (χ3n) is 3.66. The van der Waals surface area contributed by atoms with Crippen molar-refractivity contribution in [3.05, 3.63) is 31.1 Å². The Bertz CT molecular complexity index is 388. The summed E-state index contributed by atoms with van der Waals surface area (Å²) in [5, 5.41) is 0. The molecule has 0 bridgehead atoms. The highest BCUT2D eigenvalue weighted by molar-refractivity contribution is 9.14. The van der Waals surface area contributed by atoms with Gasteiger partial charge in [-0.25, -0.2) is 0 Å². The van der Waals surface area contributed by atoms with Crippen LogP contribution in [0.4, 0.5) is 0 Å². The fraction of sp³-hybridized carbons (Fsp3) is 0.647. The molecule has 0 N–H and O–H groups in total. The van der Waals surface area contributed by atoms with Crippen LogP contribution in [0, 0.1) is 0 Å². The summed E-state index contributed by atoms with van der Waals surface area (Å²) in [4.78, 5) is 0. The lowest BCUT2D eigenvalue weighted by atomic mass is 10.0. The van der Waals surface area contributed by atoms with Crippen molar-refractivity contribution in [2.75, 3.05) is 0 Å². The van der Waals surface area contributed by atoms with Gasteiger partial charge in [0, 0.05) is 13.4 Å². The molecule has 0 spiro atoms. The van der Waals surface area contributed by atoms with Crippen molar-refractivity contribution in [2.45, 2.75) is 71.1 Å². The van der Waals surface area contributed by atoms with Crippen molar-refractivity contribution in [3.63, 3.8) is 0 Å². The Balaban J connectivity index is 2.11. The Hall–Kier alpha value is 0.660. The standard InChI is InChI=1S/C17H25Br3/c1-2-3-4-5-6-7-8-9-10-11-14-12-13-15(18)17(20)16(14)19/h12-13H,2-11H2,1H3. The van der Waals surface area contributed by atoms with Gasteiger partial charge in [-0.3, -0.25) is 0 Å². The third kappa shape index (κ3) is 7.09. The van der Waals surface area contributed by atoms with Crippen LogP contribution in [-0.4, -0.2) is 0 Å². The molecule has 0 saturated heterocycles. The molecule has 0 aromatic heterocycles. The number of rotatable bonds is 10. The first-order chi connectivity index (χ1) is 9.66. The van der Waals surface area contributed by atoms with Crippen LogP contribution in [0.15, 0.2) is 25.6 Å². The molecular formula is C17H25Br3. The molecule has 0 saturated carbocycles. The molecule has 0 heterocycles. The van der Waals surface area contributed by atoms with E-state index in [4.69, 9.17) is 0 Å².